The molecule has 1 fully saturated rings. The van der Waals surface area contributed by atoms with Crippen LogP contribution in [0.25, 0.3) is 10.8 Å². The van der Waals surface area contributed by atoms with Gasteiger partial charge in [0.25, 0.3) is 0 Å². The number of rotatable bonds is 4. The molecule has 0 aliphatic carbocycles. The lowest BCUT2D eigenvalue weighted by molar-refractivity contribution is 0.415. The number of ether oxygens (including phenoxy) is 1. The third-order valence-corrected chi connectivity index (χ3v) is 5.69. The van der Waals surface area contributed by atoms with Gasteiger partial charge in [0.2, 0.25) is 0 Å². The molecule has 0 spiro atoms. The van der Waals surface area contributed by atoms with Crippen molar-refractivity contribution in [1.82, 2.24) is 4.98 Å². The smallest absolute Gasteiger partial charge is 0.150 e. The zero-order valence-electron chi connectivity index (χ0n) is 11.9. The summed E-state index contributed by atoms with van der Waals surface area (Å²) in [6.07, 6.45) is 2.48. The van der Waals surface area contributed by atoms with Crippen LogP contribution in [0, 0.1) is 5.92 Å². The van der Waals surface area contributed by atoms with Gasteiger partial charge in [-0.05, 0) is 42.0 Å². The molecule has 5 nitrogen and oxygen atoms in total. The summed E-state index contributed by atoms with van der Waals surface area (Å²) in [5, 5.41) is 5.35. The van der Waals surface area contributed by atoms with E-state index < -0.39 is 9.84 Å². The second-order valence-corrected chi connectivity index (χ2v) is 7.63. The minimum atomic E-state index is -2.83. The summed E-state index contributed by atoms with van der Waals surface area (Å²) in [5.41, 5.74) is 0. The molecule has 1 aromatic heterocycles. The van der Waals surface area contributed by atoms with Crippen molar-refractivity contribution in [3.8, 4) is 5.75 Å². The summed E-state index contributed by atoms with van der Waals surface area (Å²) in [5.74, 6) is 2.35. The summed E-state index contributed by atoms with van der Waals surface area (Å²) < 4.78 is 28.2. The third-order valence-electron chi connectivity index (χ3n) is 3.86. The molecular formula is C15H18N2O3S. The third kappa shape index (κ3) is 3.10. The van der Waals surface area contributed by atoms with Crippen molar-refractivity contribution < 1.29 is 13.2 Å². The maximum Gasteiger partial charge on any atom is 0.150 e. The average molecular weight is 306 g/mol. The standard InChI is InChI=1S/C15H18N2O3S/c1-20-13-2-3-14-12(8-13)4-6-16-15(14)17-9-11-5-7-21(18,19)10-11/h2-4,6,8,11H,5,7,9-10H2,1H3,(H,16,17). The Kier molecular flexibility index (Phi) is 3.71. The monoisotopic (exact) mass is 306 g/mol. The predicted octanol–water partition coefficient (Wildman–Crippen LogP) is 2.09. The number of pyridine rings is 1. The van der Waals surface area contributed by atoms with Crippen molar-refractivity contribution in [1.29, 1.82) is 0 Å². The number of anilines is 1. The lowest BCUT2D eigenvalue weighted by atomic mass is 10.1. The van der Waals surface area contributed by atoms with Gasteiger partial charge in [-0.1, -0.05) is 0 Å². The summed E-state index contributed by atoms with van der Waals surface area (Å²) in [6, 6.07) is 7.76. The number of hydrogen-bond donors (Lipinski definition) is 1. The number of hydrogen-bond acceptors (Lipinski definition) is 5. The highest BCUT2D eigenvalue weighted by Crippen LogP contribution is 2.26. The second kappa shape index (κ2) is 5.52. The molecule has 0 amide bonds. The normalized spacial score (nSPS) is 20.5. The van der Waals surface area contributed by atoms with E-state index in [9.17, 15) is 8.42 Å². The molecule has 1 aromatic carbocycles. The molecule has 0 saturated carbocycles. The Morgan fingerprint density at radius 2 is 2.24 bits per heavy atom. The molecule has 1 aliphatic rings. The Labute approximate surface area is 124 Å². The average Bonchev–Trinajstić information content (AvgIpc) is 2.83. The van der Waals surface area contributed by atoms with Crippen molar-refractivity contribution in [2.45, 2.75) is 6.42 Å². The van der Waals surface area contributed by atoms with Crippen LogP contribution >= 0.6 is 0 Å². The van der Waals surface area contributed by atoms with Crippen LogP contribution in [-0.4, -0.2) is 38.6 Å². The Hall–Kier alpha value is -1.82. The van der Waals surface area contributed by atoms with Crippen LogP contribution in [-0.2, 0) is 9.84 Å². The van der Waals surface area contributed by atoms with Gasteiger partial charge >= 0.3 is 0 Å². The maximum absolute atomic E-state index is 11.5. The minimum Gasteiger partial charge on any atom is -0.497 e. The Morgan fingerprint density at radius 3 is 2.95 bits per heavy atom. The number of fused-ring (bicyclic) bond motifs is 1. The molecule has 1 unspecified atom stereocenters. The van der Waals surface area contributed by atoms with Crippen molar-refractivity contribution >= 4 is 26.4 Å². The Morgan fingerprint density at radius 1 is 1.38 bits per heavy atom. The van der Waals surface area contributed by atoms with Crippen LogP contribution in [0.3, 0.4) is 0 Å². The van der Waals surface area contributed by atoms with Gasteiger partial charge in [0.1, 0.15) is 11.6 Å². The molecule has 3 rings (SSSR count). The fourth-order valence-electron chi connectivity index (χ4n) is 2.70. The first kappa shape index (κ1) is 14.1. The van der Waals surface area contributed by atoms with Gasteiger partial charge in [-0.15, -0.1) is 0 Å². The summed E-state index contributed by atoms with van der Waals surface area (Å²) in [6.45, 7) is 0.636. The molecule has 1 N–H and O–H groups in total. The summed E-state index contributed by atoms with van der Waals surface area (Å²) >= 11 is 0. The van der Waals surface area contributed by atoms with Gasteiger partial charge in [0, 0.05) is 18.1 Å². The first-order valence-corrected chi connectivity index (χ1v) is 8.76. The fourth-order valence-corrected chi connectivity index (χ4v) is 4.56. The van der Waals surface area contributed by atoms with Crippen LogP contribution in [0.15, 0.2) is 30.5 Å². The van der Waals surface area contributed by atoms with Crippen LogP contribution in [0.1, 0.15) is 6.42 Å². The van der Waals surface area contributed by atoms with E-state index in [4.69, 9.17) is 4.74 Å². The van der Waals surface area contributed by atoms with Gasteiger partial charge in [0.05, 0.1) is 18.6 Å². The van der Waals surface area contributed by atoms with Crippen molar-refractivity contribution in [2.75, 3.05) is 30.5 Å². The molecule has 1 atom stereocenters. The largest absolute Gasteiger partial charge is 0.497 e. The highest BCUT2D eigenvalue weighted by Gasteiger charge is 2.27. The molecule has 0 radical (unpaired) electrons. The lowest BCUT2D eigenvalue weighted by Gasteiger charge is -2.12. The molecule has 112 valence electrons. The zero-order valence-corrected chi connectivity index (χ0v) is 12.7. The molecule has 2 aromatic rings. The van der Waals surface area contributed by atoms with Crippen LogP contribution in [0.2, 0.25) is 0 Å². The first-order valence-electron chi connectivity index (χ1n) is 6.94. The topological polar surface area (TPSA) is 68.3 Å². The molecule has 2 heterocycles. The van der Waals surface area contributed by atoms with Crippen LogP contribution in [0.4, 0.5) is 5.82 Å². The van der Waals surface area contributed by atoms with Crippen molar-refractivity contribution in [2.24, 2.45) is 5.92 Å². The Bertz CT molecular complexity index is 759. The number of benzene rings is 1. The number of methoxy groups -OCH3 is 1. The van der Waals surface area contributed by atoms with Crippen LogP contribution < -0.4 is 10.1 Å². The van der Waals surface area contributed by atoms with E-state index in [0.717, 1.165) is 28.8 Å². The number of sulfone groups is 1. The van der Waals surface area contributed by atoms with E-state index in [0.29, 0.717) is 12.3 Å². The van der Waals surface area contributed by atoms with Gasteiger partial charge in [0.15, 0.2) is 9.84 Å². The van der Waals surface area contributed by atoms with Crippen molar-refractivity contribution in [3.05, 3.63) is 30.5 Å². The number of nitrogens with zero attached hydrogens (tertiary/aromatic N) is 1. The summed E-state index contributed by atoms with van der Waals surface area (Å²) in [7, 11) is -1.19. The van der Waals surface area contributed by atoms with Gasteiger partial charge < -0.3 is 10.1 Å². The SMILES string of the molecule is COc1ccc2c(NCC3CCS(=O)(=O)C3)nccc2c1. The maximum atomic E-state index is 11.5. The fraction of sp³-hybridized carbons (Fsp3) is 0.400. The van der Waals surface area contributed by atoms with Crippen LogP contribution in [0.5, 0.6) is 5.75 Å². The van der Waals surface area contributed by atoms with E-state index in [1.54, 1.807) is 13.3 Å². The zero-order chi connectivity index (χ0) is 14.9. The van der Waals surface area contributed by atoms with E-state index in [-0.39, 0.29) is 11.7 Å². The van der Waals surface area contributed by atoms with E-state index in [1.807, 2.05) is 24.3 Å². The molecular weight excluding hydrogens is 288 g/mol. The second-order valence-electron chi connectivity index (χ2n) is 5.40. The number of aromatic nitrogens is 1. The highest BCUT2D eigenvalue weighted by molar-refractivity contribution is 7.91. The van der Waals surface area contributed by atoms with Gasteiger partial charge in [-0.3, -0.25) is 0 Å². The van der Waals surface area contributed by atoms with E-state index in [1.165, 1.54) is 0 Å². The van der Waals surface area contributed by atoms with E-state index in [2.05, 4.69) is 10.3 Å². The highest BCUT2D eigenvalue weighted by atomic mass is 32.2. The predicted molar refractivity (Wildman–Crippen MR) is 83.5 cm³/mol. The quantitative estimate of drug-likeness (QED) is 0.937. The van der Waals surface area contributed by atoms with Gasteiger partial charge in [-0.2, -0.15) is 0 Å². The lowest BCUT2D eigenvalue weighted by Crippen LogP contribution is -2.16. The number of nitrogens with one attached hydrogen (secondary N) is 1. The Balaban J connectivity index is 1.78. The molecule has 1 saturated heterocycles. The summed E-state index contributed by atoms with van der Waals surface area (Å²) in [4.78, 5) is 4.36. The molecule has 21 heavy (non-hydrogen) atoms. The first-order chi connectivity index (χ1) is 10.1. The van der Waals surface area contributed by atoms with Crippen molar-refractivity contribution in [3.63, 3.8) is 0 Å². The minimum absolute atomic E-state index is 0.172. The molecule has 0 bridgehead atoms. The van der Waals surface area contributed by atoms with Gasteiger partial charge in [-0.25, -0.2) is 13.4 Å². The molecule has 6 heteroatoms. The van der Waals surface area contributed by atoms with E-state index >= 15 is 0 Å². The molecule has 1 aliphatic heterocycles.